The summed E-state index contributed by atoms with van der Waals surface area (Å²) in [6.45, 7) is 12.9. The second kappa shape index (κ2) is 10.7. The number of halogens is 1. The van der Waals surface area contributed by atoms with E-state index in [9.17, 15) is 14.7 Å². The zero-order valence-corrected chi connectivity index (χ0v) is 23.5. The Labute approximate surface area is 229 Å². The van der Waals surface area contributed by atoms with Crippen LogP contribution in [0, 0.1) is 12.8 Å². The highest BCUT2D eigenvalue weighted by Crippen LogP contribution is 2.43. The van der Waals surface area contributed by atoms with E-state index in [2.05, 4.69) is 20.8 Å². The minimum absolute atomic E-state index is 0.0243. The Kier molecular flexibility index (Phi) is 7.70. The summed E-state index contributed by atoms with van der Waals surface area (Å²) in [5, 5.41) is 12.0. The number of aliphatic hydroxyl groups is 1. The van der Waals surface area contributed by atoms with Crippen molar-refractivity contribution < 1.29 is 19.4 Å². The fraction of sp³-hybridized carbons (Fsp3) is 0.312. The number of Topliss-reactive ketones (excluding diaryl/α,β-unsaturated/α-hetero) is 1. The van der Waals surface area contributed by atoms with Gasteiger partial charge in [0.2, 0.25) is 0 Å². The monoisotopic (exact) mass is 531 g/mol. The molecular formula is C32H34ClNO4. The van der Waals surface area contributed by atoms with E-state index in [-0.39, 0.29) is 16.7 Å². The minimum atomic E-state index is -0.831. The predicted octanol–water partition coefficient (Wildman–Crippen LogP) is 7.61. The number of carbonyl (C=O) groups is 2. The highest BCUT2D eigenvalue weighted by Gasteiger charge is 2.47. The first-order chi connectivity index (χ1) is 17.9. The lowest BCUT2D eigenvalue weighted by atomic mass is 9.85. The molecule has 1 amide bonds. The third kappa shape index (κ3) is 5.48. The summed E-state index contributed by atoms with van der Waals surface area (Å²) in [6.07, 6.45) is 0. The van der Waals surface area contributed by atoms with Gasteiger partial charge in [-0.1, -0.05) is 88.7 Å². The van der Waals surface area contributed by atoms with Crippen LogP contribution in [0.5, 0.6) is 5.75 Å². The normalized spacial score (nSPS) is 17.4. The molecule has 198 valence electrons. The second-order valence-electron chi connectivity index (χ2n) is 11.2. The lowest BCUT2D eigenvalue weighted by Gasteiger charge is -2.27. The fourth-order valence-electron chi connectivity index (χ4n) is 4.46. The molecule has 1 fully saturated rings. The Bertz CT molecular complexity index is 1400. The largest absolute Gasteiger partial charge is 0.507 e. The van der Waals surface area contributed by atoms with Gasteiger partial charge in [-0.3, -0.25) is 14.5 Å². The van der Waals surface area contributed by atoms with Crippen molar-refractivity contribution in [3.63, 3.8) is 0 Å². The van der Waals surface area contributed by atoms with Crippen LogP contribution >= 0.6 is 11.6 Å². The van der Waals surface area contributed by atoms with Crippen LogP contribution in [0.1, 0.15) is 62.9 Å². The first-order valence-corrected chi connectivity index (χ1v) is 13.2. The van der Waals surface area contributed by atoms with Crippen LogP contribution in [0.3, 0.4) is 0 Å². The number of aliphatic hydroxyl groups excluding tert-OH is 1. The molecule has 1 saturated heterocycles. The number of anilines is 1. The molecule has 4 rings (SSSR count). The van der Waals surface area contributed by atoms with Gasteiger partial charge in [-0.25, -0.2) is 0 Å². The van der Waals surface area contributed by atoms with Crippen LogP contribution in [0.4, 0.5) is 5.69 Å². The molecule has 1 aliphatic heterocycles. The van der Waals surface area contributed by atoms with E-state index in [0.717, 1.165) is 11.1 Å². The van der Waals surface area contributed by atoms with Gasteiger partial charge in [0.25, 0.3) is 11.7 Å². The van der Waals surface area contributed by atoms with E-state index in [0.29, 0.717) is 40.1 Å². The van der Waals surface area contributed by atoms with Gasteiger partial charge in [-0.15, -0.1) is 0 Å². The van der Waals surface area contributed by atoms with E-state index in [1.807, 2.05) is 51.1 Å². The summed E-state index contributed by atoms with van der Waals surface area (Å²) < 4.78 is 5.83. The number of hydrogen-bond acceptors (Lipinski definition) is 4. The number of ketones is 1. The van der Waals surface area contributed by atoms with Gasteiger partial charge in [0, 0.05) is 16.3 Å². The summed E-state index contributed by atoms with van der Waals surface area (Å²) >= 11 is 6.41. The van der Waals surface area contributed by atoms with Crippen molar-refractivity contribution in [2.45, 2.75) is 53.0 Å². The molecule has 0 aromatic heterocycles. The third-order valence-electron chi connectivity index (χ3n) is 6.66. The van der Waals surface area contributed by atoms with Crippen molar-refractivity contribution in [1.29, 1.82) is 0 Å². The van der Waals surface area contributed by atoms with Crippen LogP contribution in [-0.2, 0) is 15.0 Å². The van der Waals surface area contributed by atoms with E-state index in [4.69, 9.17) is 16.3 Å². The molecule has 0 bridgehead atoms. The van der Waals surface area contributed by atoms with Crippen molar-refractivity contribution in [1.82, 2.24) is 0 Å². The zero-order chi connectivity index (χ0) is 27.8. The number of benzene rings is 3. The number of ether oxygens (including phenoxy) is 1. The fourth-order valence-corrected chi connectivity index (χ4v) is 4.64. The third-order valence-corrected chi connectivity index (χ3v) is 7.07. The van der Waals surface area contributed by atoms with Gasteiger partial charge in [-0.05, 0) is 59.2 Å². The SMILES string of the molecule is Cc1ccc(N2C(=O)C(=O)/C(=C(/O)c3cccc(OCC(C)C)c3)C2c2ccc(C(C)(C)C)cc2)cc1Cl. The van der Waals surface area contributed by atoms with E-state index in [1.54, 1.807) is 36.4 Å². The standard InChI is InChI=1S/C32H34ClNO4/c1-19(2)18-38-25-9-7-8-22(16-25)29(35)27-28(21-11-13-23(14-12-21)32(4,5)6)34(31(37)30(27)36)24-15-10-20(3)26(33)17-24/h7-17,19,28,35H,18H2,1-6H3/b29-27+. The summed E-state index contributed by atoms with van der Waals surface area (Å²) in [5.41, 5.74) is 3.53. The first kappa shape index (κ1) is 27.5. The van der Waals surface area contributed by atoms with Crippen LogP contribution in [0.2, 0.25) is 5.02 Å². The molecule has 0 saturated carbocycles. The first-order valence-electron chi connectivity index (χ1n) is 12.8. The molecule has 1 unspecified atom stereocenters. The topological polar surface area (TPSA) is 66.8 Å². The van der Waals surface area contributed by atoms with Gasteiger partial charge in [-0.2, -0.15) is 0 Å². The minimum Gasteiger partial charge on any atom is -0.507 e. The van der Waals surface area contributed by atoms with Crippen molar-refractivity contribution in [3.8, 4) is 5.75 Å². The number of hydrogen-bond donors (Lipinski definition) is 1. The van der Waals surface area contributed by atoms with Crippen molar-refractivity contribution >= 4 is 34.7 Å². The molecule has 3 aromatic rings. The van der Waals surface area contributed by atoms with E-state index in [1.165, 1.54) is 4.90 Å². The van der Waals surface area contributed by atoms with E-state index >= 15 is 0 Å². The van der Waals surface area contributed by atoms with Gasteiger partial charge in [0.05, 0.1) is 18.2 Å². The van der Waals surface area contributed by atoms with Gasteiger partial charge < -0.3 is 9.84 Å². The lowest BCUT2D eigenvalue weighted by Crippen LogP contribution is -2.29. The number of aryl methyl sites for hydroxylation is 1. The molecule has 1 heterocycles. The molecule has 1 aliphatic rings. The van der Waals surface area contributed by atoms with Gasteiger partial charge >= 0.3 is 0 Å². The maximum Gasteiger partial charge on any atom is 0.300 e. The van der Waals surface area contributed by atoms with Crippen LogP contribution in [0.15, 0.2) is 72.3 Å². The summed E-state index contributed by atoms with van der Waals surface area (Å²) in [5.74, 6) is -0.812. The average Bonchev–Trinajstić information content (AvgIpc) is 3.14. The highest BCUT2D eigenvalue weighted by atomic mass is 35.5. The number of rotatable bonds is 6. The molecule has 3 aromatic carbocycles. The molecule has 0 spiro atoms. The number of carbonyl (C=O) groups excluding carboxylic acids is 2. The predicted molar refractivity (Wildman–Crippen MR) is 153 cm³/mol. The van der Waals surface area contributed by atoms with Gasteiger partial charge in [0.15, 0.2) is 0 Å². The van der Waals surface area contributed by atoms with Crippen LogP contribution < -0.4 is 9.64 Å². The quantitative estimate of drug-likeness (QED) is 0.202. The van der Waals surface area contributed by atoms with E-state index < -0.39 is 17.7 Å². The smallest absolute Gasteiger partial charge is 0.300 e. The summed E-state index contributed by atoms with van der Waals surface area (Å²) in [7, 11) is 0. The maximum atomic E-state index is 13.5. The molecular weight excluding hydrogens is 498 g/mol. The molecule has 38 heavy (non-hydrogen) atoms. The molecule has 0 aliphatic carbocycles. The van der Waals surface area contributed by atoms with Crippen molar-refractivity contribution in [3.05, 3.63) is 99.6 Å². The Morgan fingerprint density at radius 3 is 2.32 bits per heavy atom. The number of nitrogens with zero attached hydrogens (tertiary/aromatic N) is 1. The number of amides is 1. The Morgan fingerprint density at radius 1 is 1.03 bits per heavy atom. The Balaban J connectivity index is 1.88. The van der Waals surface area contributed by atoms with Crippen molar-refractivity contribution in [2.75, 3.05) is 11.5 Å². The zero-order valence-electron chi connectivity index (χ0n) is 22.7. The molecule has 0 radical (unpaired) electrons. The Morgan fingerprint density at radius 2 is 1.71 bits per heavy atom. The Hall–Kier alpha value is -3.57. The van der Waals surface area contributed by atoms with Crippen LogP contribution in [-0.4, -0.2) is 23.4 Å². The summed E-state index contributed by atoms with van der Waals surface area (Å²) in [6, 6.07) is 19.2. The molecule has 5 nitrogen and oxygen atoms in total. The average molecular weight is 532 g/mol. The summed E-state index contributed by atoms with van der Waals surface area (Å²) in [4.78, 5) is 28.4. The van der Waals surface area contributed by atoms with Crippen molar-refractivity contribution in [2.24, 2.45) is 5.92 Å². The second-order valence-corrected chi connectivity index (χ2v) is 11.6. The van der Waals surface area contributed by atoms with Gasteiger partial charge in [0.1, 0.15) is 11.5 Å². The molecule has 6 heteroatoms. The molecule has 1 N–H and O–H groups in total. The molecule has 1 atom stereocenters. The maximum absolute atomic E-state index is 13.5. The lowest BCUT2D eigenvalue weighted by molar-refractivity contribution is -0.132. The van der Waals surface area contributed by atoms with Crippen LogP contribution in [0.25, 0.3) is 5.76 Å². The highest BCUT2D eigenvalue weighted by molar-refractivity contribution is 6.51.